The van der Waals surface area contributed by atoms with Gasteiger partial charge in [0.1, 0.15) is 5.82 Å². The van der Waals surface area contributed by atoms with E-state index < -0.39 is 11.9 Å². The quantitative estimate of drug-likeness (QED) is 0.368. The van der Waals surface area contributed by atoms with E-state index in [0.717, 1.165) is 24.6 Å². The SMILES string of the molecule is C=Cc1cc2c(c(-c3cccnc3C(F)(F)F)c1)CCN([C@H](c1ccc(F)c(C)c1)C1CC1)C2=O. The molecule has 3 aromatic rings. The average molecular weight is 481 g/mol. The summed E-state index contributed by atoms with van der Waals surface area (Å²) in [6.07, 6.45) is 0.370. The van der Waals surface area contributed by atoms with Gasteiger partial charge in [-0.3, -0.25) is 9.78 Å². The number of nitrogens with zero attached hydrogens (tertiary/aromatic N) is 2. The molecule has 1 aliphatic carbocycles. The number of rotatable bonds is 5. The lowest BCUT2D eigenvalue weighted by atomic mass is 9.86. The molecular weight excluding hydrogens is 456 g/mol. The number of halogens is 4. The highest BCUT2D eigenvalue weighted by atomic mass is 19.4. The summed E-state index contributed by atoms with van der Waals surface area (Å²) >= 11 is 0. The zero-order valence-electron chi connectivity index (χ0n) is 19.2. The van der Waals surface area contributed by atoms with E-state index in [2.05, 4.69) is 11.6 Å². The molecule has 0 spiro atoms. The van der Waals surface area contributed by atoms with Gasteiger partial charge in [-0.2, -0.15) is 13.2 Å². The first kappa shape index (κ1) is 23.3. The van der Waals surface area contributed by atoms with E-state index in [1.807, 2.05) is 0 Å². The molecule has 2 aliphatic rings. The molecule has 2 heterocycles. The molecule has 1 aromatic heterocycles. The maximum Gasteiger partial charge on any atom is 0.433 e. The lowest BCUT2D eigenvalue weighted by Gasteiger charge is -2.37. The Morgan fingerprint density at radius 3 is 2.51 bits per heavy atom. The number of amides is 1. The van der Waals surface area contributed by atoms with E-state index in [1.54, 1.807) is 36.1 Å². The highest BCUT2D eigenvalue weighted by Gasteiger charge is 2.42. The summed E-state index contributed by atoms with van der Waals surface area (Å²) in [5, 5.41) is 0. The fraction of sp³-hybridized carbons (Fsp3) is 0.286. The molecule has 0 radical (unpaired) electrons. The van der Waals surface area contributed by atoms with E-state index in [0.29, 0.717) is 40.8 Å². The minimum Gasteiger partial charge on any atom is -0.331 e. The molecule has 1 atom stereocenters. The van der Waals surface area contributed by atoms with Gasteiger partial charge in [-0.25, -0.2) is 4.39 Å². The molecule has 0 N–H and O–H groups in total. The molecule has 3 nitrogen and oxygen atoms in total. The van der Waals surface area contributed by atoms with Crippen molar-refractivity contribution in [2.75, 3.05) is 6.54 Å². The van der Waals surface area contributed by atoms with Gasteiger partial charge in [0.2, 0.25) is 0 Å². The average Bonchev–Trinajstić information content (AvgIpc) is 3.67. The van der Waals surface area contributed by atoms with Gasteiger partial charge in [-0.1, -0.05) is 30.9 Å². The molecule has 35 heavy (non-hydrogen) atoms. The molecule has 7 heteroatoms. The number of carbonyl (C=O) groups excluding carboxylic acids is 1. The maximum absolute atomic E-state index is 13.9. The van der Waals surface area contributed by atoms with E-state index in [-0.39, 0.29) is 29.2 Å². The number of hydrogen-bond donors (Lipinski definition) is 0. The van der Waals surface area contributed by atoms with Crippen LogP contribution in [0.25, 0.3) is 17.2 Å². The van der Waals surface area contributed by atoms with Crippen LogP contribution in [0.1, 0.15) is 57.2 Å². The first-order chi connectivity index (χ1) is 16.7. The molecule has 180 valence electrons. The fourth-order valence-corrected chi connectivity index (χ4v) is 5.09. The van der Waals surface area contributed by atoms with E-state index in [4.69, 9.17) is 0 Å². The zero-order chi connectivity index (χ0) is 24.9. The highest BCUT2D eigenvalue weighted by Crippen LogP contribution is 2.47. The Bertz CT molecular complexity index is 1330. The van der Waals surface area contributed by atoms with Crippen molar-refractivity contribution in [2.45, 2.75) is 38.4 Å². The zero-order valence-corrected chi connectivity index (χ0v) is 19.2. The molecule has 0 bridgehead atoms. The fourth-order valence-electron chi connectivity index (χ4n) is 5.09. The van der Waals surface area contributed by atoms with E-state index in [1.165, 1.54) is 24.3 Å². The summed E-state index contributed by atoms with van der Waals surface area (Å²) in [7, 11) is 0. The molecule has 0 saturated heterocycles. The molecule has 0 unspecified atom stereocenters. The Labute approximate surface area is 201 Å². The topological polar surface area (TPSA) is 33.2 Å². The van der Waals surface area contributed by atoms with Crippen LogP contribution >= 0.6 is 0 Å². The Morgan fingerprint density at radius 1 is 1.11 bits per heavy atom. The minimum absolute atomic E-state index is 0.0471. The third-order valence-electron chi connectivity index (χ3n) is 6.90. The number of pyridine rings is 1. The van der Waals surface area contributed by atoms with Crippen molar-refractivity contribution in [1.82, 2.24) is 9.88 Å². The number of aromatic nitrogens is 1. The van der Waals surface area contributed by atoms with E-state index in [9.17, 15) is 22.4 Å². The van der Waals surface area contributed by atoms with Crippen LogP contribution in [0.4, 0.5) is 17.6 Å². The summed E-state index contributed by atoms with van der Waals surface area (Å²) in [6, 6.07) is 10.9. The molecule has 1 aliphatic heterocycles. The third kappa shape index (κ3) is 4.24. The molecule has 1 fully saturated rings. The van der Waals surface area contributed by atoms with Gasteiger partial charge < -0.3 is 4.90 Å². The Morgan fingerprint density at radius 2 is 1.86 bits per heavy atom. The molecule has 5 rings (SSSR count). The van der Waals surface area contributed by atoms with Gasteiger partial charge in [0.15, 0.2) is 5.69 Å². The number of aryl methyl sites for hydroxylation is 1. The molecule has 1 amide bonds. The molecule has 2 aromatic carbocycles. The van der Waals surface area contributed by atoms with Gasteiger partial charge >= 0.3 is 6.18 Å². The second-order valence-corrected chi connectivity index (χ2v) is 9.24. The predicted molar refractivity (Wildman–Crippen MR) is 126 cm³/mol. The van der Waals surface area contributed by atoms with Crippen molar-refractivity contribution in [1.29, 1.82) is 0 Å². The predicted octanol–water partition coefficient (Wildman–Crippen LogP) is 7.01. The third-order valence-corrected chi connectivity index (χ3v) is 6.90. The monoisotopic (exact) mass is 480 g/mol. The summed E-state index contributed by atoms with van der Waals surface area (Å²) in [5.41, 5.74) is 2.26. The number of benzene rings is 2. The number of alkyl halides is 3. The van der Waals surface area contributed by atoms with Crippen LogP contribution in [0.5, 0.6) is 0 Å². The van der Waals surface area contributed by atoms with Gasteiger partial charge in [0.05, 0.1) is 6.04 Å². The number of carbonyl (C=O) groups is 1. The maximum atomic E-state index is 13.9. The van der Waals surface area contributed by atoms with Crippen LogP contribution in [-0.2, 0) is 12.6 Å². The van der Waals surface area contributed by atoms with Crippen molar-refractivity contribution < 1.29 is 22.4 Å². The highest BCUT2D eigenvalue weighted by molar-refractivity contribution is 6.00. The smallest absolute Gasteiger partial charge is 0.331 e. The lowest BCUT2D eigenvalue weighted by molar-refractivity contribution is -0.140. The second kappa shape index (κ2) is 8.63. The van der Waals surface area contributed by atoms with Gasteiger partial charge in [0.25, 0.3) is 5.91 Å². The van der Waals surface area contributed by atoms with Crippen LogP contribution in [0, 0.1) is 18.7 Å². The van der Waals surface area contributed by atoms with Crippen LogP contribution < -0.4 is 0 Å². The summed E-state index contributed by atoms with van der Waals surface area (Å²) < 4.78 is 55.2. The van der Waals surface area contributed by atoms with Gasteiger partial charge in [-0.15, -0.1) is 0 Å². The van der Waals surface area contributed by atoms with Crippen molar-refractivity contribution in [3.63, 3.8) is 0 Å². The Kier molecular flexibility index (Phi) is 5.74. The standard InChI is InChI=1S/C28H24F4N2O/c1-3-17-14-22(21-5-4-11-33-26(21)28(30,31)32)20-10-12-34(27(35)23(20)15-17)25(18-6-7-18)19-8-9-24(29)16(2)13-19/h3-5,8-9,11,13-15,18,25H,1,6-7,10,12H2,2H3/t25-/m0/s1. The van der Waals surface area contributed by atoms with Crippen LogP contribution in [0.15, 0.2) is 55.2 Å². The van der Waals surface area contributed by atoms with Crippen molar-refractivity contribution in [2.24, 2.45) is 5.92 Å². The van der Waals surface area contributed by atoms with Crippen molar-refractivity contribution in [3.05, 3.63) is 94.6 Å². The first-order valence-corrected chi connectivity index (χ1v) is 11.6. The van der Waals surface area contributed by atoms with Crippen molar-refractivity contribution in [3.8, 4) is 11.1 Å². The first-order valence-electron chi connectivity index (χ1n) is 11.6. The largest absolute Gasteiger partial charge is 0.433 e. The summed E-state index contributed by atoms with van der Waals surface area (Å²) in [4.78, 5) is 19.2. The van der Waals surface area contributed by atoms with Crippen LogP contribution in [-0.4, -0.2) is 22.3 Å². The summed E-state index contributed by atoms with van der Waals surface area (Å²) in [6.45, 7) is 5.84. The van der Waals surface area contributed by atoms with Gasteiger partial charge in [-0.05, 0) is 84.2 Å². The minimum atomic E-state index is -4.63. The van der Waals surface area contributed by atoms with Gasteiger partial charge in [0, 0.05) is 23.9 Å². The molecular formula is C28H24F4N2O. The van der Waals surface area contributed by atoms with Crippen molar-refractivity contribution >= 4 is 12.0 Å². The normalized spacial score (nSPS) is 16.7. The number of hydrogen-bond acceptors (Lipinski definition) is 2. The van der Waals surface area contributed by atoms with E-state index >= 15 is 0 Å². The van der Waals surface area contributed by atoms with Crippen LogP contribution in [0.3, 0.4) is 0 Å². The molecule has 1 saturated carbocycles. The Hall–Kier alpha value is -3.48. The summed E-state index contributed by atoms with van der Waals surface area (Å²) in [5.74, 6) is -0.245. The second-order valence-electron chi connectivity index (χ2n) is 9.24. The number of fused-ring (bicyclic) bond motifs is 1. The van der Waals surface area contributed by atoms with Crippen LogP contribution in [0.2, 0.25) is 0 Å². The lowest BCUT2D eigenvalue weighted by Crippen LogP contribution is -2.41. The Balaban J connectivity index is 1.62.